The van der Waals surface area contributed by atoms with E-state index < -0.39 is 0 Å². The van der Waals surface area contributed by atoms with E-state index in [-0.39, 0.29) is 16.9 Å². The molecule has 2 aromatic heterocycles. The maximum Gasteiger partial charge on any atom is 0.259 e. The van der Waals surface area contributed by atoms with Crippen LogP contribution in [0, 0.1) is 13.8 Å². The van der Waals surface area contributed by atoms with Gasteiger partial charge in [0, 0.05) is 16.6 Å². The van der Waals surface area contributed by atoms with Gasteiger partial charge in [-0.3, -0.25) is 9.59 Å². The average molecular weight is 280 g/mol. The van der Waals surface area contributed by atoms with Crippen molar-refractivity contribution in [2.24, 2.45) is 0 Å². The SMILES string of the molecule is CC(=O)c1c(C)c2c(C)[nH]c(-c3ccccc3)c2[nH]c1=O. The standard InChI is InChI=1S/C17H16N2O2/c1-9-13-10(2)18-15(12-7-5-4-6-8-12)16(13)19-17(21)14(9)11(3)20/h4-8,18H,1-3H3,(H,19,21). The van der Waals surface area contributed by atoms with Crippen LogP contribution in [0.15, 0.2) is 35.1 Å². The molecule has 0 spiro atoms. The topological polar surface area (TPSA) is 65.7 Å². The summed E-state index contributed by atoms with van der Waals surface area (Å²) >= 11 is 0. The second-order valence-corrected chi connectivity index (χ2v) is 5.25. The second-order valence-electron chi connectivity index (χ2n) is 5.25. The summed E-state index contributed by atoms with van der Waals surface area (Å²) < 4.78 is 0. The molecule has 3 aromatic rings. The van der Waals surface area contributed by atoms with Crippen molar-refractivity contribution in [3.63, 3.8) is 0 Å². The Balaban J connectivity index is 2.43. The van der Waals surface area contributed by atoms with E-state index in [2.05, 4.69) is 9.97 Å². The summed E-state index contributed by atoms with van der Waals surface area (Å²) in [6.45, 7) is 5.19. The van der Waals surface area contributed by atoms with Crippen LogP contribution in [-0.2, 0) is 0 Å². The van der Waals surface area contributed by atoms with Crippen molar-refractivity contribution in [2.75, 3.05) is 0 Å². The third-order valence-corrected chi connectivity index (χ3v) is 3.82. The number of pyridine rings is 1. The molecule has 0 saturated heterocycles. The zero-order valence-electron chi connectivity index (χ0n) is 12.2. The van der Waals surface area contributed by atoms with E-state index in [0.717, 1.165) is 33.4 Å². The number of aryl methyl sites for hydroxylation is 2. The van der Waals surface area contributed by atoms with Gasteiger partial charge in [-0.1, -0.05) is 30.3 Å². The molecule has 0 fully saturated rings. The summed E-state index contributed by atoms with van der Waals surface area (Å²) in [6, 6.07) is 9.82. The number of benzene rings is 1. The summed E-state index contributed by atoms with van der Waals surface area (Å²) in [5.74, 6) is -0.211. The number of carbonyl (C=O) groups is 1. The molecule has 2 N–H and O–H groups in total. The lowest BCUT2D eigenvalue weighted by Crippen LogP contribution is -2.18. The van der Waals surface area contributed by atoms with E-state index in [1.165, 1.54) is 6.92 Å². The predicted molar refractivity (Wildman–Crippen MR) is 83.8 cm³/mol. The van der Waals surface area contributed by atoms with E-state index in [0.29, 0.717) is 0 Å². The molecule has 0 radical (unpaired) electrons. The Hall–Kier alpha value is -2.62. The fourth-order valence-corrected chi connectivity index (χ4v) is 2.94. The van der Waals surface area contributed by atoms with Gasteiger partial charge in [-0.2, -0.15) is 0 Å². The number of H-pyrrole nitrogens is 2. The summed E-state index contributed by atoms with van der Waals surface area (Å²) in [6.07, 6.45) is 0. The van der Waals surface area contributed by atoms with E-state index in [1.54, 1.807) is 0 Å². The predicted octanol–water partition coefficient (Wildman–Crippen LogP) is 3.34. The lowest BCUT2D eigenvalue weighted by molar-refractivity contribution is 0.101. The third-order valence-electron chi connectivity index (χ3n) is 3.82. The van der Waals surface area contributed by atoms with Crippen LogP contribution >= 0.6 is 0 Å². The number of nitrogens with one attached hydrogen (secondary N) is 2. The van der Waals surface area contributed by atoms with Crippen LogP contribution in [0.4, 0.5) is 0 Å². The summed E-state index contributed by atoms with van der Waals surface area (Å²) in [7, 11) is 0. The summed E-state index contributed by atoms with van der Waals surface area (Å²) in [5.41, 5.74) is 4.22. The van der Waals surface area contributed by atoms with Gasteiger partial charge < -0.3 is 9.97 Å². The van der Waals surface area contributed by atoms with Crippen LogP contribution < -0.4 is 5.56 Å². The molecule has 4 nitrogen and oxygen atoms in total. The van der Waals surface area contributed by atoms with E-state index in [9.17, 15) is 9.59 Å². The zero-order valence-corrected chi connectivity index (χ0v) is 12.2. The minimum atomic E-state index is -0.330. The quantitative estimate of drug-likeness (QED) is 0.707. The number of ketones is 1. The summed E-state index contributed by atoms with van der Waals surface area (Å²) in [4.78, 5) is 30.1. The van der Waals surface area contributed by atoms with Crippen molar-refractivity contribution in [2.45, 2.75) is 20.8 Å². The van der Waals surface area contributed by atoms with Crippen molar-refractivity contribution in [3.05, 3.63) is 57.5 Å². The first-order chi connectivity index (χ1) is 10.0. The highest BCUT2D eigenvalue weighted by atomic mass is 16.1. The van der Waals surface area contributed by atoms with Crippen LogP contribution in [-0.4, -0.2) is 15.8 Å². The van der Waals surface area contributed by atoms with Gasteiger partial charge in [-0.15, -0.1) is 0 Å². The Morgan fingerprint density at radius 3 is 2.33 bits per heavy atom. The molecule has 0 amide bonds. The van der Waals surface area contributed by atoms with Crippen LogP contribution in [0.1, 0.15) is 28.5 Å². The monoisotopic (exact) mass is 280 g/mol. The molecule has 106 valence electrons. The lowest BCUT2D eigenvalue weighted by atomic mass is 10.0. The Morgan fingerprint density at radius 1 is 1.05 bits per heavy atom. The number of aromatic amines is 2. The van der Waals surface area contributed by atoms with E-state index in [4.69, 9.17) is 0 Å². The number of carbonyl (C=O) groups excluding carboxylic acids is 1. The number of aromatic nitrogens is 2. The van der Waals surface area contributed by atoms with Gasteiger partial charge in [0.25, 0.3) is 5.56 Å². The van der Waals surface area contributed by atoms with Gasteiger partial charge in [-0.25, -0.2) is 0 Å². The van der Waals surface area contributed by atoms with Crippen LogP contribution in [0.3, 0.4) is 0 Å². The first-order valence-corrected chi connectivity index (χ1v) is 6.82. The Morgan fingerprint density at radius 2 is 1.71 bits per heavy atom. The molecule has 1 aromatic carbocycles. The number of Topliss-reactive ketones (excluding diaryl/α,β-unsaturated/α-hetero) is 1. The Bertz CT molecular complexity index is 902. The number of hydrogen-bond acceptors (Lipinski definition) is 2. The molecule has 2 heterocycles. The number of hydrogen-bond donors (Lipinski definition) is 2. The molecule has 0 bridgehead atoms. The molecular weight excluding hydrogens is 264 g/mol. The van der Waals surface area contributed by atoms with Gasteiger partial charge in [0.2, 0.25) is 0 Å². The fourth-order valence-electron chi connectivity index (χ4n) is 2.94. The van der Waals surface area contributed by atoms with Crippen molar-refractivity contribution in [1.82, 2.24) is 9.97 Å². The molecular formula is C17H16N2O2. The molecule has 0 aliphatic heterocycles. The molecule has 0 unspecified atom stereocenters. The van der Waals surface area contributed by atoms with Gasteiger partial charge in [-0.05, 0) is 26.3 Å². The highest BCUT2D eigenvalue weighted by molar-refractivity contribution is 6.03. The zero-order chi connectivity index (χ0) is 15.1. The van der Waals surface area contributed by atoms with Gasteiger partial charge in [0.05, 0.1) is 16.8 Å². The van der Waals surface area contributed by atoms with Gasteiger partial charge in [0.1, 0.15) is 0 Å². The maximum atomic E-state index is 12.2. The number of rotatable bonds is 2. The molecule has 0 atom stereocenters. The molecule has 21 heavy (non-hydrogen) atoms. The van der Waals surface area contributed by atoms with Crippen molar-refractivity contribution >= 4 is 16.7 Å². The average Bonchev–Trinajstić information content (AvgIpc) is 2.76. The highest BCUT2D eigenvalue weighted by Crippen LogP contribution is 2.31. The number of fused-ring (bicyclic) bond motifs is 1. The van der Waals surface area contributed by atoms with E-state index >= 15 is 0 Å². The van der Waals surface area contributed by atoms with Crippen LogP contribution in [0.2, 0.25) is 0 Å². The molecule has 0 aliphatic rings. The van der Waals surface area contributed by atoms with Crippen molar-refractivity contribution in [1.29, 1.82) is 0 Å². The first-order valence-electron chi connectivity index (χ1n) is 6.82. The molecule has 0 saturated carbocycles. The molecule has 4 heteroatoms. The summed E-state index contributed by atoms with van der Waals surface area (Å²) in [5, 5.41) is 0.915. The van der Waals surface area contributed by atoms with Gasteiger partial charge >= 0.3 is 0 Å². The maximum absolute atomic E-state index is 12.2. The molecule has 0 aliphatic carbocycles. The van der Waals surface area contributed by atoms with Gasteiger partial charge in [0.15, 0.2) is 5.78 Å². The first kappa shape index (κ1) is 13.4. The van der Waals surface area contributed by atoms with Crippen LogP contribution in [0.5, 0.6) is 0 Å². The van der Waals surface area contributed by atoms with Crippen molar-refractivity contribution < 1.29 is 4.79 Å². The smallest absolute Gasteiger partial charge is 0.259 e. The minimum Gasteiger partial charge on any atom is -0.356 e. The third kappa shape index (κ3) is 2.00. The Kier molecular flexibility index (Phi) is 3.01. The largest absolute Gasteiger partial charge is 0.356 e. The normalized spacial score (nSPS) is 11.0. The lowest BCUT2D eigenvalue weighted by Gasteiger charge is -2.04. The minimum absolute atomic E-state index is 0.211. The van der Waals surface area contributed by atoms with E-state index in [1.807, 2.05) is 44.2 Å². The Labute approximate surface area is 121 Å². The highest BCUT2D eigenvalue weighted by Gasteiger charge is 2.18. The van der Waals surface area contributed by atoms with Crippen molar-refractivity contribution in [3.8, 4) is 11.3 Å². The van der Waals surface area contributed by atoms with Crippen LogP contribution in [0.25, 0.3) is 22.2 Å². The fraction of sp³-hybridized carbons (Fsp3) is 0.176. The molecule has 3 rings (SSSR count). The second kappa shape index (κ2) is 4.74.